The first-order valence-electron chi connectivity index (χ1n) is 7.07. The van der Waals surface area contributed by atoms with Gasteiger partial charge in [0.15, 0.2) is 0 Å². The van der Waals surface area contributed by atoms with Crippen LogP contribution in [0.15, 0.2) is 53.7 Å². The Labute approximate surface area is 125 Å². The van der Waals surface area contributed by atoms with Crippen molar-refractivity contribution in [2.45, 2.75) is 30.7 Å². The summed E-state index contributed by atoms with van der Waals surface area (Å²) in [6, 6.07) is 10.8. The number of rotatable bonds is 3. The molecule has 1 fully saturated rings. The van der Waals surface area contributed by atoms with Crippen LogP contribution in [0.25, 0.3) is 0 Å². The van der Waals surface area contributed by atoms with Gasteiger partial charge in [-0.3, -0.25) is 4.98 Å². The molecule has 5 heteroatoms. The van der Waals surface area contributed by atoms with E-state index in [0.29, 0.717) is 11.4 Å². The predicted octanol–water partition coefficient (Wildman–Crippen LogP) is 2.92. The molecule has 21 heavy (non-hydrogen) atoms. The van der Waals surface area contributed by atoms with Crippen LogP contribution in [-0.4, -0.2) is 24.3 Å². The van der Waals surface area contributed by atoms with E-state index in [9.17, 15) is 8.42 Å². The maximum Gasteiger partial charge on any atom is 0.243 e. The van der Waals surface area contributed by atoms with Crippen molar-refractivity contribution >= 4 is 10.0 Å². The van der Waals surface area contributed by atoms with E-state index in [1.54, 1.807) is 28.8 Å². The minimum absolute atomic E-state index is 0.0840. The summed E-state index contributed by atoms with van der Waals surface area (Å²) < 4.78 is 27.3. The Morgan fingerprint density at radius 1 is 1.10 bits per heavy atom. The SMILES string of the molecule is Cc1ccc(S(=O)(=O)N2CCC[C@@H]2c2ccncc2)cc1. The average Bonchev–Trinajstić information content (AvgIpc) is 2.99. The van der Waals surface area contributed by atoms with Gasteiger partial charge in [-0.15, -0.1) is 0 Å². The molecule has 1 saturated heterocycles. The van der Waals surface area contributed by atoms with Gasteiger partial charge in [0, 0.05) is 18.9 Å². The molecule has 2 heterocycles. The Bertz CT molecular complexity index is 712. The largest absolute Gasteiger partial charge is 0.265 e. The summed E-state index contributed by atoms with van der Waals surface area (Å²) in [5, 5.41) is 0. The van der Waals surface area contributed by atoms with Crippen molar-refractivity contribution in [1.82, 2.24) is 9.29 Å². The number of aromatic nitrogens is 1. The summed E-state index contributed by atoms with van der Waals surface area (Å²) in [6.07, 6.45) is 5.17. The summed E-state index contributed by atoms with van der Waals surface area (Å²) in [5.74, 6) is 0. The Hall–Kier alpha value is -1.72. The van der Waals surface area contributed by atoms with Gasteiger partial charge in [-0.2, -0.15) is 4.31 Å². The molecule has 1 aromatic heterocycles. The van der Waals surface area contributed by atoms with Crippen LogP contribution in [0.5, 0.6) is 0 Å². The van der Waals surface area contributed by atoms with Gasteiger partial charge in [-0.1, -0.05) is 17.7 Å². The zero-order valence-electron chi connectivity index (χ0n) is 11.9. The quantitative estimate of drug-likeness (QED) is 0.876. The average molecular weight is 302 g/mol. The fraction of sp³-hybridized carbons (Fsp3) is 0.312. The Kier molecular flexibility index (Phi) is 3.78. The lowest BCUT2D eigenvalue weighted by atomic mass is 10.1. The lowest BCUT2D eigenvalue weighted by Crippen LogP contribution is -2.30. The summed E-state index contributed by atoms with van der Waals surface area (Å²) in [4.78, 5) is 4.37. The Morgan fingerprint density at radius 3 is 2.43 bits per heavy atom. The first-order chi connectivity index (χ1) is 10.1. The van der Waals surface area contributed by atoms with E-state index >= 15 is 0 Å². The van der Waals surface area contributed by atoms with Crippen LogP contribution in [-0.2, 0) is 10.0 Å². The van der Waals surface area contributed by atoms with Crippen molar-refractivity contribution in [2.24, 2.45) is 0 Å². The first kappa shape index (κ1) is 14.2. The lowest BCUT2D eigenvalue weighted by Gasteiger charge is -2.24. The van der Waals surface area contributed by atoms with E-state index < -0.39 is 10.0 Å². The Balaban J connectivity index is 1.96. The molecular weight excluding hydrogens is 284 g/mol. The van der Waals surface area contributed by atoms with E-state index in [1.807, 2.05) is 31.2 Å². The molecule has 0 spiro atoms. The maximum atomic E-state index is 12.8. The van der Waals surface area contributed by atoms with Crippen molar-refractivity contribution in [3.05, 3.63) is 59.9 Å². The highest BCUT2D eigenvalue weighted by Gasteiger charge is 2.35. The molecule has 1 aliphatic rings. The first-order valence-corrected chi connectivity index (χ1v) is 8.51. The molecule has 1 aliphatic heterocycles. The van der Waals surface area contributed by atoms with Crippen LogP contribution in [0.3, 0.4) is 0 Å². The topological polar surface area (TPSA) is 50.3 Å². The fourth-order valence-electron chi connectivity index (χ4n) is 2.79. The number of hydrogen-bond donors (Lipinski definition) is 0. The van der Waals surface area contributed by atoms with Crippen molar-refractivity contribution < 1.29 is 8.42 Å². The van der Waals surface area contributed by atoms with Gasteiger partial charge in [0.2, 0.25) is 10.0 Å². The van der Waals surface area contributed by atoms with Gasteiger partial charge < -0.3 is 0 Å². The van der Waals surface area contributed by atoms with Crippen LogP contribution in [0.1, 0.15) is 30.0 Å². The molecule has 0 unspecified atom stereocenters. The van der Waals surface area contributed by atoms with E-state index in [4.69, 9.17) is 0 Å². The molecule has 1 aromatic carbocycles. The van der Waals surface area contributed by atoms with Crippen LogP contribution in [0.2, 0.25) is 0 Å². The van der Waals surface area contributed by atoms with E-state index in [2.05, 4.69) is 4.98 Å². The summed E-state index contributed by atoms with van der Waals surface area (Å²) in [5.41, 5.74) is 2.07. The molecule has 1 atom stereocenters. The third-order valence-corrected chi connectivity index (χ3v) is 5.84. The number of nitrogens with zero attached hydrogens (tertiary/aromatic N) is 2. The Morgan fingerprint density at radius 2 is 1.76 bits per heavy atom. The minimum atomic E-state index is -3.44. The second-order valence-electron chi connectivity index (χ2n) is 5.37. The molecular formula is C16H18N2O2S. The van der Waals surface area contributed by atoms with Crippen LogP contribution >= 0.6 is 0 Å². The summed E-state index contributed by atoms with van der Waals surface area (Å²) in [6.45, 7) is 2.52. The number of aryl methyl sites for hydroxylation is 1. The van der Waals surface area contributed by atoms with E-state index in [0.717, 1.165) is 24.0 Å². The monoisotopic (exact) mass is 302 g/mol. The third kappa shape index (κ3) is 2.71. The number of hydrogen-bond acceptors (Lipinski definition) is 3. The van der Waals surface area contributed by atoms with Gasteiger partial charge in [-0.05, 0) is 49.6 Å². The zero-order valence-corrected chi connectivity index (χ0v) is 12.8. The molecule has 0 amide bonds. The van der Waals surface area contributed by atoms with Crippen molar-refractivity contribution in [3.63, 3.8) is 0 Å². The molecule has 3 rings (SSSR count). The highest BCUT2D eigenvalue weighted by Crippen LogP contribution is 2.36. The molecule has 4 nitrogen and oxygen atoms in total. The third-order valence-electron chi connectivity index (χ3n) is 3.92. The summed E-state index contributed by atoms with van der Waals surface area (Å²) >= 11 is 0. The molecule has 0 radical (unpaired) electrons. The van der Waals surface area contributed by atoms with Gasteiger partial charge in [0.05, 0.1) is 10.9 Å². The lowest BCUT2D eigenvalue weighted by molar-refractivity contribution is 0.396. The normalized spacial score (nSPS) is 19.8. The second-order valence-corrected chi connectivity index (χ2v) is 7.26. The van der Waals surface area contributed by atoms with E-state index in [-0.39, 0.29) is 6.04 Å². The summed E-state index contributed by atoms with van der Waals surface area (Å²) in [7, 11) is -3.44. The molecule has 110 valence electrons. The molecule has 0 aliphatic carbocycles. The number of pyridine rings is 1. The second kappa shape index (κ2) is 5.58. The van der Waals surface area contributed by atoms with Crippen LogP contribution < -0.4 is 0 Å². The van der Waals surface area contributed by atoms with Gasteiger partial charge in [-0.25, -0.2) is 8.42 Å². The molecule has 0 N–H and O–H groups in total. The molecule has 2 aromatic rings. The van der Waals surface area contributed by atoms with Gasteiger partial charge in [0.25, 0.3) is 0 Å². The minimum Gasteiger partial charge on any atom is -0.265 e. The highest BCUT2D eigenvalue weighted by atomic mass is 32.2. The van der Waals surface area contributed by atoms with Gasteiger partial charge >= 0.3 is 0 Å². The standard InChI is InChI=1S/C16H18N2O2S/c1-13-4-6-15(7-5-13)21(19,20)18-12-2-3-16(18)14-8-10-17-11-9-14/h4-11,16H,2-3,12H2,1H3/t16-/m1/s1. The highest BCUT2D eigenvalue weighted by molar-refractivity contribution is 7.89. The predicted molar refractivity (Wildman–Crippen MR) is 81.3 cm³/mol. The molecule has 0 saturated carbocycles. The zero-order chi connectivity index (χ0) is 14.9. The maximum absolute atomic E-state index is 12.8. The van der Waals surface area contributed by atoms with Crippen LogP contribution in [0, 0.1) is 6.92 Å². The van der Waals surface area contributed by atoms with E-state index in [1.165, 1.54) is 0 Å². The van der Waals surface area contributed by atoms with Gasteiger partial charge in [0.1, 0.15) is 0 Å². The van der Waals surface area contributed by atoms with Crippen molar-refractivity contribution in [1.29, 1.82) is 0 Å². The fourth-order valence-corrected chi connectivity index (χ4v) is 4.47. The smallest absolute Gasteiger partial charge is 0.243 e. The van der Waals surface area contributed by atoms with Crippen molar-refractivity contribution in [3.8, 4) is 0 Å². The molecule has 0 bridgehead atoms. The van der Waals surface area contributed by atoms with Crippen molar-refractivity contribution in [2.75, 3.05) is 6.54 Å². The van der Waals surface area contributed by atoms with Crippen LogP contribution in [0.4, 0.5) is 0 Å². The number of sulfonamides is 1. The number of benzene rings is 1.